The summed E-state index contributed by atoms with van der Waals surface area (Å²) in [5, 5.41) is -0.558. The largest absolute Gasteiger partial charge is 0.416 e. The molecule has 1 aromatic carbocycles. The van der Waals surface area contributed by atoms with E-state index in [9.17, 15) is 31.1 Å². The Morgan fingerprint density at radius 1 is 0.950 bits per heavy atom. The quantitative estimate of drug-likeness (QED) is 0.716. The van der Waals surface area contributed by atoms with Gasteiger partial charge in [-0.05, 0) is 18.2 Å². The summed E-state index contributed by atoms with van der Waals surface area (Å²) in [6, 6.07) is 1.15. The third kappa shape index (κ3) is 3.02. The Balaban J connectivity index is 2.54. The van der Waals surface area contributed by atoms with Crippen molar-refractivity contribution in [2.75, 3.05) is 17.2 Å². The second kappa shape index (κ2) is 4.87. The van der Waals surface area contributed by atoms with Crippen LogP contribution in [0.15, 0.2) is 18.2 Å². The number of nitrogens with zero attached hydrogens (tertiary/aromatic N) is 1. The number of alkyl halides is 6. The normalized spacial score (nSPS) is 16.9. The number of thioether (sulfide) groups is 1. The van der Waals surface area contributed by atoms with Crippen LogP contribution in [0, 0.1) is 0 Å². The van der Waals surface area contributed by atoms with Crippen LogP contribution >= 0.6 is 11.8 Å². The number of carbonyl (C=O) groups excluding carboxylic acids is 1. The summed E-state index contributed by atoms with van der Waals surface area (Å²) in [6.45, 7) is 0.0854. The van der Waals surface area contributed by atoms with E-state index in [2.05, 4.69) is 0 Å². The zero-order chi connectivity index (χ0) is 15.1. The average molecular weight is 315 g/mol. The first kappa shape index (κ1) is 15.0. The topological polar surface area (TPSA) is 20.3 Å². The number of anilines is 1. The molecule has 0 aromatic heterocycles. The Kier molecular flexibility index (Phi) is 3.66. The molecule has 1 heterocycles. The lowest BCUT2D eigenvalue weighted by Crippen LogP contribution is -2.23. The molecule has 0 aliphatic carbocycles. The third-order valence-corrected chi connectivity index (χ3v) is 3.50. The zero-order valence-electron chi connectivity index (χ0n) is 9.68. The maximum absolute atomic E-state index is 12.6. The molecule has 1 saturated heterocycles. The summed E-state index contributed by atoms with van der Waals surface area (Å²) >= 11 is 0.851. The van der Waals surface area contributed by atoms with E-state index in [4.69, 9.17) is 0 Å². The van der Waals surface area contributed by atoms with E-state index < -0.39 is 28.7 Å². The van der Waals surface area contributed by atoms with E-state index in [0.29, 0.717) is 17.9 Å². The number of amides is 1. The average Bonchev–Trinajstić information content (AvgIpc) is 2.72. The fraction of sp³-hybridized carbons (Fsp3) is 0.364. The summed E-state index contributed by atoms with van der Waals surface area (Å²) < 4.78 is 75.9. The highest BCUT2D eigenvalue weighted by molar-refractivity contribution is 8.14. The van der Waals surface area contributed by atoms with Crippen molar-refractivity contribution in [3.8, 4) is 0 Å². The van der Waals surface area contributed by atoms with Crippen LogP contribution in [-0.4, -0.2) is 17.5 Å². The minimum absolute atomic E-state index is 0.0389. The number of benzene rings is 1. The molecule has 110 valence electrons. The number of hydrogen-bond acceptors (Lipinski definition) is 2. The molecule has 2 rings (SSSR count). The predicted octanol–water partition coefficient (Wildman–Crippen LogP) is 4.40. The molecule has 1 aromatic rings. The Labute approximate surface area is 113 Å². The first-order valence-corrected chi connectivity index (χ1v) is 6.31. The molecule has 0 atom stereocenters. The maximum Gasteiger partial charge on any atom is 0.416 e. The Morgan fingerprint density at radius 2 is 1.45 bits per heavy atom. The summed E-state index contributed by atoms with van der Waals surface area (Å²) in [6.07, 6.45) is -9.82. The summed E-state index contributed by atoms with van der Waals surface area (Å²) in [5.41, 5.74) is -3.24. The van der Waals surface area contributed by atoms with Crippen LogP contribution in [0.1, 0.15) is 11.1 Å². The fourth-order valence-electron chi connectivity index (χ4n) is 1.72. The van der Waals surface area contributed by atoms with Gasteiger partial charge in [0.15, 0.2) is 0 Å². The first-order chi connectivity index (χ1) is 9.09. The van der Waals surface area contributed by atoms with Gasteiger partial charge in [0, 0.05) is 18.0 Å². The highest BCUT2D eigenvalue weighted by Crippen LogP contribution is 2.39. The first-order valence-electron chi connectivity index (χ1n) is 5.33. The van der Waals surface area contributed by atoms with Crippen LogP contribution < -0.4 is 4.90 Å². The lowest BCUT2D eigenvalue weighted by molar-refractivity contribution is -0.143. The van der Waals surface area contributed by atoms with Crippen molar-refractivity contribution in [3.63, 3.8) is 0 Å². The highest BCUT2D eigenvalue weighted by Gasteiger charge is 2.38. The summed E-state index contributed by atoms with van der Waals surface area (Å²) in [7, 11) is 0. The maximum atomic E-state index is 12.6. The molecule has 1 amide bonds. The molecule has 1 aliphatic heterocycles. The van der Waals surface area contributed by atoms with Crippen molar-refractivity contribution in [2.45, 2.75) is 12.4 Å². The highest BCUT2D eigenvalue weighted by atomic mass is 32.2. The SMILES string of the molecule is O=C1SCCN1c1cc(C(F)(F)F)cc(C(F)(F)F)c1. The number of rotatable bonds is 1. The zero-order valence-corrected chi connectivity index (χ0v) is 10.5. The Morgan fingerprint density at radius 3 is 1.80 bits per heavy atom. The molecule has 1 aliphatic rings. The van der Waals surface area contributed by atoms with Crippen LogP contribution in [0.2, 0.25) is 0 Å². The molecule has 1 fully saturated rings. The van der Waals surface area contributed by atoms with Gasteiger partial charge in [-0.15, -0.1) is 0 Å². The van der Waals surface area contributed by atoms with E-state index in [1.807, 2.05) is 0 Å². The molecular weight excluding hydrogens is 308 g/mol. The number of hydrogen-bond donors (Lipinski definition) is 0. The van der Waals surface area contributed by atoms with Crippen LogP contribution in [0.3, 0.4) is 0 Å². The van der Waals surface area contributed by atoms with Gasteiger partial charge in [-0.2, -0.15) is 26.3 Å². The van der Waals surface area contributed by atoms with E-state index in [1.54, 1.807) is 0 Å². The van der Waals surface area contributed by atoms with Crippen molar-refractivity contribution in [3.05, 3.63) is 29.3 Å². The number of carbonyl (C=O) groups is 1. The van der Waals surface area contributed by atoms with Gasteiger partial charge in [-0.25, -0.2) is 0 Å². The lowest BCUT2D eigenvalue weighted by atomic mass is 10.1. The second-order valence-electron chi connectivity index (χ2n) is 4.03. The standard InChI is InChI=1S/C11H7F6NOS/c12-10(13,14)6-3-7(11(15,16)17)5-8(4-6)18-1-2-20-9(18)19/h3-5H,1-2H2. The molecule has 9 heteroatoms. The van der Waals surface area contributed by atoms with Crippen LogP contribution in [0.5, 0.6) is 0 Å². The van der Waals surface area contributed by atoms with Crippen LogP contribution in [-0.2, 0) is 12.4 Å². The van der Waals surface area contributed by atoms with E-state index in [0.717, 1.165) is 16.7 Å². The monoisotopic (exact) mass is 315 g/mol. The second-order valence-corrected chi connectivity index (χ2v) is 5.08. The van der Waals surface area contributed by atoms with E-state index in [-0.39, 0.29) is 18.3 Å². The van der Waals surface area contributed by atoms with Crippen molar-refractivity contribution < 1.29 is 31.1 Å². The van der Waals surface area contributed by atoms with Gasteiger partial charge in [0.2, 0.25) is 0 Å². The Bertz CT molecular complexity index is 506. The molecule has 0 unspecified atom stereocenters. The predicted molar refractivity (Wildman–Crippen MR) is 61.6 cm³/mol. The van der Waals surface area contributed by atoms with E-state index >= 15 is 0 Å². The molecular formula is C11H7F6NOS. The van der Waals surface area contributed by atoms with Gasteiger partial charge in [0.1, 0.15) is 0 Å². The minimum Gasteiger partial charge on any atom is -0.302 e. The molecule has 0 spiro atoms. The van der Waals surface area contributed by atoms with Gasteiger partial charge < -0.3 is 4.90 Å². The van der Waals surface area contributed by atoms with Gasteiger partial charge in [0.05, 0.1) is 11.1 Å². The molecule has 0 N–H and O–H groups in total. The van der Waals surface area contributed by atoms with E-state index in [1.165, 1.54) is 0 Å². The Hall–Kier alpha value is -1.38. The van der Waals surface area contributed by atoms with Crippen molar-refractivity contribution in [2.24, 2.45) is 0 Å². The molecule has 0 bridgehead atoms. The molecule has 20 heavy (non-hydrogen) atoms. The minimum atomic E-state index is -4.91. The smallest absolute Gasteiger partial charge is 0.302 e. The van der Waals surface area contributed by atoms with Gasteiger partial charge in [-0.3, -0.25) is 4.79 Å². The van der Waals surface area contributed by atoms with Gasteiger partial charge in [0.25, 0.3) is 5.24 Å². The fourth-order valence-corrected chi connectivity index (χ4v) is 2.52. The van der Waals surface area contributed by atoms with Crippen molar-refractivity contribution in [1.29, 1.82) is 0 Å². The summed E-state index contributed by atoms with van der Waals surface area (Å²) in [5.74, 6) is 0.330. The molecule has 0 radical (unpaired) electrons. The van der Waals surface area contributed by atoms with Gasteiger partial charge in [-0.1, -0.05) is 11.8 Å². The molecule has 2 nitrogen and oxygen atoms in total. The molecule has 0 saturated carbocycles. The van der Waals surface area contributed by atoms with Crippen molar-refractivity contribution >= 4 is 22.7 Å². The third-order valence-electron chi connectivity index (χ3n) is 2.64. The van der Waals surface area contributed by atoms with Crippen LogP contribution in [0.25, 0.3) is 0 Å². The number of halogens is 6. The summed E-state index contributed by atoms with van der Waals surface area (Å²) in [4.78, 5) is 12.3. The van der Waals surface area contributed by atoms with Gasteiger partial charge >= 0.3 is 12.4 Å². The van der Waals surface area contributed by atoms with Crippen LogP contribution in [0.4, 0.5) is 36.8 Å². The van der Waals surface area contributed by atoms with Crippen molar-refractivity contribution in [1.82, 2.24) is 0 Å². The lowest BCUT2D eigenvalue weighted by Gasteiger charge is -2.19.